The minimum absolute atomic E-state index is 0.0770. The highest BCUT2D eigenvalue weighted by Crippen LogP contribution is 2.21. The number of nitrogens with zero attached hydrogens (tertiary/aromatic N) is 3. The number of amides is 1. The molecule has 7 heteroatoms. The van der Waals surface area contributed by atoms with E-state index in [4.69, 9.17) is 0 Å². The first-order chi connectivity index (χ1) is 12.6. The summed E-state index contributed by atoms with van der Waals surface area (Å²) in [5, 5.41) is 2.39. The summed E-state index contributed by atoms with van der Waals surface area (Å²) in [7, 11) is 0. The van der Waals surface area contributed by atoms with Gasteiger partial charge >= 0.3 is 0 Å². The Labute approximate surface area is 149 Å². The fourth-order valence-electron chi connectivity index (χ4n) is 2.43. The molecule has 0 fully saturated rings. The Hall–Kier alpha value is -3.35. The lowest BCUT2D eigenvalue weighted by Gasteiger charge is -2.21. The summed E-state index contributed by atoms with van der Waals surface area (Å²) >= 11 is 0. The van der Waals surface area contributed by atoms with Gasteiger partial charge in [-0.15, -0.1) is 0 Å². The molecule has 1 heterocycles. The maximum absolute atomic E-state index is 13.7. The zero-order valence-corrected chi connectivity index (χ0v) is 14.0. The highest BCUT2D eigenvalue weighted by Gasteiger charge is 2.15. The number of hydrogen-bond donors (Lipinski definition) is 1. The van der Waals surface area contributed by atoms with Crippen molar-refractivity contribution in [3.63, 3.8) is 0 Å². The third-order valence-corrected chi connectivity index (χ3v) is 3.68. The number of hydrogen-bond acceptors (Lipinski definition) is 4. The second kappa shape index (κ2) is 7.69. The van der Waals surface area contributed by atoms with Gasteiger partial charge in [0.25, 0.3) is 5.91 Å². The molecule has 0 atom stereocenters. The van der Waals surface area contributed by atoms with Crippen LogP contribution in [0.5, 0.6) is 0 Å². The second-order valence-electron chi connectivity index (χ2n) is 5.40. The molecule has 0 radical (unpaired) electrons. The Balaban J connectivity index is 1.85. The Morgan fingerprint density at radius 3 is 2.58 bits per heavy atom. The monoisotopic (exact) mass is 354 g/mol. The molecular formula is C19H16F2N4O. The van der Waals surface area contributed by atoms with Crippen molar-refractivity contribution in [1.82, 2.24) is 9.97 Å². The van der Waals surface area contributed by atoms with Crippen molar-refractivity contribution in [2.45, 2.75) is 6.92 Å². The average Bonchev–Trinajstić information content (AvgIpc) is 2.66. The summed E-state index contributed by atoms with van der Waals surface area (Å²) in [6.45, 7) is 2.54. The number of carbonyl (C=O) groups excluding carboxylic acids is 1. The summed E-state index contributed by atoms with van der Waals surface area (Å²) < 4.78 is 26.7. The van der Waals surface area contributed by atoms with E-state index >= 15 is 0 Å². The van der Waals surface area contributed by atoms with Gasteiger partial charge in [0.05, 0.1) is 5.69 Å². The van der Waals surface area contributed by atoms with Crippen LogP contribution in [-0.2, 0) is 0 Å². The first-order valence-corrected chi connectivity index (χ1v) is 8.00. The van der Waals surface area contributed by atoms with Crippen LogP contribution in [0.4, 0.5) is 26.1 Å². The molecular weight excluding hydrogens is 338 g/mol. The van der Waals surface area contributed by atoms with Crippen molar-refractivity contribution in [1.29, 1.82) is 0 Å². The van der Waals surface area contributed by atoms with E-state index in [0.29, 0.717) is 18.6 Å². The molecule has 1 aromatic heterocycles. The average molecular weight is 354 g/mol. The van der Waals surface area contributed by atoms with Crippen LogP contribution >= 0.6 is 0 Å². The van der Waals surface area contributed by atoms with E-state index in [2.05, 4.69) is 15.3 Å². The fourth-order valence-corrected chi connectivity index (χ4v) is 2.43. The van der Waals surface area contributed by atoms with Gasteiger partial charge in [0.2, 0.25) is 5.95 Å². The van der Waals surface area contributed by atoms with Gasteiger partial charge in [-0.1, -0.05) is 18.2 Å². The second-order valence-corrected chi connectivity index (χ2v) is 5.40. The van der Waals surface area contributed by atoms with Gasteiger partial charge in [0.1, 0.15) is 17.3 Å². The van der Waals surface area contributed by atoms with Crippen LogP contribution in [0.1, 0.15) is 17.4 Å². The summed E-state index contributed by atoms with van der Waals surface area (Å²) in [4.78, 5) is 22.7. The minimum atomic E-state index is -0.855. The van der Waals surface area contributed by atoms with Crippen LogP contribution < -0.4 is 10.2 Å². The van der Waals surface area contributed by atoms with Gasteiger partial charge in [-0.25, -0.2) is 18.7 Å². The number of aromatic nitrogens is 2. The van der Waals surface area contributed by atoms with E-state index in [9.17, 15) is 13.6 Å². The summed E-state index contributed by atoms with van der Waals surface area (Å²) in [6.07, 6.45) is 1.46. The third-order valence-electron chi connectivity index (χ3n) is 3.68. The van der Waals surface area contributed by atoms with Crippen molar-refractivity contribution < 1.29 is 13.6 Å². The van der Waals surface area contributed by atoms with Gasteiger partial charge in [-0.05, 0) is 37.3 Å². The van der Waals surface area contributed by atoms with Crippen LogP contribution in [0.3, 0.4) is 0 Å². The molecule has 0 spiro atoms. The summed E-state index contributed by atoms with van der Waals surface area (Å²) in [6, 6.07) is 13.9. The van der Waals surface area contributed by atoms with E-state index in [1.165, 1.54) is 12.3 Å². The van der Waals surface area contributed by atoms with Crippen LogP contribution in [-0.4, -0.2) is 22.4 Å². The Bertz CT molecular complexity index is 918. The van der Waals surface area contributed by atoms with Gasteiger partial charge in [-0.2, -0.15) is 0 Å². The molecule has 132 valence electrons. The zero-order valence-electron chi connectivity index (χ0n) is 14.0. The first-order valence-electron chi connectivity index (χ1n) is 8.00. The molecule has 1 amide bonds. The predicted molar refractivity (Wildman–Crippen MR) is 95.5 cm³/mol. The fraction of sp³-hybridized carbons (Fsp3) is 0.105. The van der Waals surface area contributed by atoms with Gasteiger partial charge in [0.15, 0.2) is 0 Å². The quantitative estimate of drug-likeness (QED) is 0.747. The molecule has 3 aromatic rings. The van der Waals surface area contributed by atoms with Crippen molar-refractivity contribution in [3.8, 4) is 0 Å². The van der Waals surface area contributed by atoms with Crippen LogP contribution in [0, 0.1) is 11.6 Å². The smallest absolute Gasteiger partial charge is 0.274 e. The molecule has 0 aliphatic rings. The van der Waals surface area contributed by atoms with Gasteiger partial charge in [-0.3, -0.25) is 4.79 Å². The van der Waals surface area contributed by atoms with Crippen molar-refractivity contribution in [2.75, 3.05) is 16.8 Å². The molecule has 3 rings (SSSR count). The predicted octanol–water partition coefficient (Wildman–Crippen LogP) is 4.17. The van der Waals surface area contributed by atoms with Crippen LogP contribution in [0.15, 0.2) is 60.8 Å². The largest absolute Gasteiger partial charge is 0.318 e. The van der Waals surface area contributed by atoms with E-state index in [1.807, 2.05) is 42.2 Å². The molecule has 0 saturated carbocycles. The molecule has 26 heavy (non-hydrogen) atoms. The number of carbonyl (C=O) groups is 1. The molecule has 2 aromatic carbocycles. The van der Waals surface area contributed by atoms with Gasteiger partial charge in [0, 0.05) is 24.5 Å². The number of rotatable bonds is 5. The molecule has 5 nitrogen and oxygen atoms in total. The normalized spacial score (nSPS) is 10.4. The first kappa shape index (κ1) is 17.5. The zero-order chi connectivity index (χ0) is 18.5. The highest BCUT2D eigenvalue weighted by atomic mass is 19.1. The van der Waals surface area contributed by atoms with Crippen LogP contribution in [0.2, 0.25) is 0 Å². The van der Waals surface area contributed by atoms with E-state index in [1.54, 1.807) is 0 Å². The third kappa shape index (κ3) is 3.83. The number of anilines is 3. The number of para-hydroxylation sites is 1. The maximum Gasteiger partial charge on any atom is 0.274 e. The topological polar surface area (TPSA) is 58.1 Å². The lowest BCUT2D eigenvalue weighted by atomic mass is 10.2. The maximum atomic E-state index is 13.7. The SMILES string of the molecule is CCN(c1ccccc1)c1nccc(C(=O)Nc2ccc(F)cc2F)n1. The molecule has 0 aliphatic carbocycles. The number of nitrogens with one attached hydrogen (secondary N) is 1. The Morgan fingerprint density at radius 1 is 1.12 bits per heavy atom. The minimum Gasteiger partial charge on any atom is -0.318 e. The Morgan fingerprint density at radius 2 is 1.88 bits per heavy atom. The van der Waals surface area contributed by atoms with Crippen LogP contribution in [0.25, 0.3) is 0 Å². The van der Waals surface area contributed by atoms with Crippen molar-refractivity contribution in [2.24, 2.45) is 0 Å². The van der Waals surface area contributed by atoms with E-state index < -0.39 is 17.5 Å². The lowest BCUT2D eigenvalue weighted by Crippen LogP contribution is -2.21. The van der Waals surface area contributed by atoms with Gasteiger partial charge < -0.3 is 10.2 Å². The van der Waals surface area contributed by atoms with Crippen molar-refractivity contribution >= 4 is 23.2 Å². The number of halogens is 2. The number of benzene rings is 2. The molecule has 0 aliphatic heterocycles. The lowest BCUT2D eigenvalue weighted by molar-refractivity contribution is 0.102. The summed E-state index contributed by atoms with van der Waals surface area (Å²) in [5.74, 6) is -1.83. The van der Waals surface area contributed by atoms with Crippen molar-refractivity contribution in [3.05, 3.63) is 78.1 Å². The van der Waals surface area contributed by atoms with E-state index in [0.717, 1.165) is 17.8 Å². The molecule has 0 saturated heterocycles. The Kier molecular flexibility index (Phi) is 5.17. The molecule has 0 unspecified atom stereocenters. The summed E-state index contributed by atoms with van der Waals surface area (Å²) in [5.41, 5.74) is 0.845. The van der Waals surface area contributed by atoms with E-state index in [-0.39, 0.29) is 11.4 Å². The molecule has 0 bridgehead atoms. The molecule has 1 N–H and O–H groups in total. The standard InChI is InChI=1S/C19H16F2N4O/c1-2-25(14-6-4-3-5-7-14)19-22-11-10-17(24-19)18(26)23-16-9-8-13(20)12-15(16)21/h3-12H,2H2,1H3,(H,23,26). The highest BCUT2D eigenvalue weighted by molar-refractivity contribution is 6.03.